The normalized spacial score (nSPS) is 10.2. The molecule has 0 aliphatic heterocycles. The van der Waals surface area contributed by atoms with E-state index >= 15 is 0 Å². The van der Waals surface area contributed by atoms with Crippen LogP contribution in [0.2, 0.25) is 0 Å². The van der Waals surface area contributed by atoms with Crippen molar-refractivity contribution in [3.63, 3.8) is 0 Å². The third-order valence-electron chi connectivity index (χ3n) is 2.21. The Labute approximate surface area is 87.3 Å². The molecule has 0 aliphatic rings. The van der Waals surface area contributed by atoms with Gasteiger partial charge in [-0.1, -0.05) is 36.4 Å². The van der Waals surface area contributed by atoms with Crippen LogP contribution >= 0.6 is 0 Å². The number of hydrogen-bond acceptors (Lipinski definition) is 2. The van der Waals surface area contributed by atoms with Gasteiger partial charge in [0.1, 0.15) is 6.61 Å². The molecule has 0 atom stereocenters. The Hall–Kier alpha value is -1.87. The lowest BCUT2D eigenvalue weighted by Crippen LogP contribution is -2.15. The maximum absolute atomic E-state index is 11.1. The molecule has 3 nitrogen and oxygen atoms in total. The van der Waals surface area contributed by atoms with E-state index in [4.69, 9.17) is 5.11 Å². The van der Waals surface area contributed by atoms with Crippen LogP contribution in [-0.4, -0.2) is 17.6 Å². The molecule has 0 unspecified atom stereocenters. The summed E-state index contributed by atoms with van der Waals surface area (Å²) in [4.78, 5) is 11.1. The highest BCUT2D eigenvalue weighted by Gasteiger charge is 2.03. The third kappa shape index (κ3) is 1.97. The van der Waals surface area contributed by atoms with Crippen molar-refractivity contribution in [1.29, 1.82) is 0 Å². The quantitative estimate of drug-likeness (QED) is 0.778. The van der Waals surface area contributed by atoms with Crippen molar-refractivity contribution in [2.75, 3.05) is 11.9 Å². The minimum atomic E-state index is -0.497. The van der Waals surface area contributed by atoms with Crippen LogP contribution in [0.25, 0.3) is 10.8 Å². The summed E-state index contributed by atoms with van der Waals surface area (Å²) in [5, 5.41) is 13.3. The molecule has 2 N–H and O–H groups in total. The second kappa shape index (κ2) is 4.11. The van der Waals surface area contributed by atoms with Crippen molar-refractivity contribution in [3.8, 4) is 0 Å². The molecule has 76 valence electrons. The molecule has 1 amide bonds. The van der Waals surface area contributed by atoms with Crippen LogP contribution in [0.3, 0.4) is 0 Å². The molecular weight excluding hydrogens is 190 g/mol. The molecule has 0 fully saturated rings. The summed E-state index contributed by atoms with van der Waals surface area (Å²) < 4.78 is 0. The van der Waals surface area contributed by atoms with Gasteiger partial charge in [-0.25, -0.2) is 0 Å². The summed E-state index contributed by atoms with van der Waals surface area (Å²) in [6.45, 7) is -0.497. The lowest BCUT2D eigenvalue weighted by molar-refractivity contribution is -0.118. The predicted molar refractivity (Wildman–Crippen MR) is 59.7 cm³/mol. The number of aliphatic hydroxyl groups is 1. The summed E-state index contributed by atoms with van der Waals surface area (Å²) in [5.41, 5.74) is 0.729. The molecule has 0 radical (unpaired) electrons. The second-order valence-corrected chi connectivity index (χ2v) is 3.23. The SMILES string of the molecule is O=C(CO)Nc1cccc2ccccc12. The average Bonchev–Trinajstić information content (AvgIpc) is 2.29. The van der Waals surface area contributed by atoms with E-state index in [2.05, 4.69) is 5.32 Å². The molecule has 0 heterocycles. The van der Waals surface area contributed by atoms with E-state index < -0.39 is 12.5 Å². The van der Waals surface area contributed by atoms with Crippen molar-refractivity contribution in [2.45, 2.75) is 0 Å². The van der Waals surface area contributed by atoms with Crippen molar-refractivity contribution in [1.82, 2.24) is 0 Å². The standard InChI is InChI=1S/C12H11NO2/c14-8-12(15)13-11-7-3-5-9-4-1-2-6-10(9)11/h1-7,14H,8H2,(H,13,15). The lowest BCUT2D eigenvalue weighted by Gasteiger charge is -2.06. The van der Waals surface area contributed by atoms with Gasteiger partial charge in [-0.15, -0.1) is 0 Å². The Bertz CT molecular complexity index is 488. The molecule has 0 bridgehead atoms. The molecule has 0 saturated carbocycles. The van der Waals surface area contributed by atoms with Gasteiger partial charge in [-0.05, 0) is 11.5 Å². The van der Waals surface area contributed by atoms with Gasteiger partial charge in [0.15, 0.2) is 0 Å². The third-order valence-corrected chi connectivity index (χ3v) is 2.21. The first-order valence-electron chi connectivity index (χ1n) is 4.70. The highest BCUT2D eigenvalue weighted by molar-refractivity contribution is 6.02. The van der Waals surface area contributed by atoms with Crippen LogP contribution in [0.5, 0.6) is 0 Å². The van der Waals surface area contributed by atoms with Crippen LogP contribution in [0.15, 0.2) is 42.5 Å². The van der Waals surface area contributed by atoms with Gasteiger partial charge < -0.3 is 10.4 Å². The number of aliphatic hydroxyl groups excluding tert-OH is 1. The van der Waals surface area contributed by atoms with Gasteiger partial charge in [0.2, 0.25) is 5.91 Å². The van der Waals surface area contributed by atoms with E-state index in [0.717, 1.165) is 16.5 Å². The van der Waals surface area contributed by atoms with Crippen LogP contribution in [0, 0.1) is 0 Å². The lowest BCUT2D eigenvalue weighted by atomic mass is 10.1. The van der Waals surface area contributed by atoms with Gasteiger partial charge in [-0.3, -0.25) is 4.79 Å². The van der Waals surface area contributed by atoms with Crippen LogP contribution in [0.1, 0.15) is 0 Å². The fourth-order valence-corrected chi connectivity index (χ4v) is 1.52. The Kier molecular flexibility index (Phi) is 2.65. The average molecular weight is 201 g/mol. The number of nitrogens with one attached hydrogen (secondary N) is 1. The van der Waals surface area contributed by atoms with E-state index in [-0.39, 0.29) is 0 Å². The van der Waals surface area contributed by atoms with E-state index in [1.54, 1.807) is 0 Å². The summed E-state index contributed by atoms with van der Waals surface area (Å²) in [5.74, 6) is -0.397. The largest absolute Gasteiger partial charge is 0.387 e. The predicted octanol–water partition coefficient (Wildman–Crippen LogP) is 1.77. The fourth-order valence-electron chi connectivity index (χ4n) is 1.52. The molecular formula is C12H11NO2. The topological polar surface area (TPSA) is 49.3 Å². The number of benzene rings is 2. The molecule has 2 rings (SSSR count). The van der Waals surface area contributed by atoms with Gasteiger partial charge in [0.05, 0.1) is 0 Å². The fraction of sp³-hybridized carbons (Fsp3) is 0.0833. The van der Waals surface area contributed by atoms with Crippen LogP contribution in [0.4, 0.5) is 5.69 Å². The number of hydrogen-bond donors (Lipinski definition) is 2. The van der Waals surface area contributed by atoms with Crippen molar-refractivity contribution in [2.24, 2.45) is 0 Å². The van der Waals surface area contributed by atoms with Gasteiger partial charge >= 0.3 is 0 Å². The van der Waals surface area contributed by atoms with E-state index in [0.29, 0.717) is 0 Å². The highest BCUT2D eigenvalue weighted by Crippen LogP contribution is 2.22. The molecule has 2 aromatic carbocycles. The zero-order valence-electron chi connectivity index (χ0n) is 8.10. The first kappa shape index (κ1) is 9.68. The monoisotopic (exact) mass is 201 g/mol. The first-order chi connectivity index (χ1) is 7.31. The zero-order valence-corrected chi connectivity index (χ0v) is 8.10. The Morgan fingerprint density at radius 1 is 1.13 bits per heavy atom. The zero-order chi connectivity index (χ0) is 10.7. The number of rotatable bonds is 2. The Morgan fingerprint density at radius 2 is 1.87 bits per heavy atom. The minimum Gasteiger partial charge on any atom is -0.387 e. The smallest absolute Gasteiger partial charge is 0.250 e. The second-order valence-electron chi connectivity index (χ2n) is 3.23. The van der Waals surface area contributed by atoms with E-state index in [1.165, 1.54) is 0 Å². The summed E-state index contributed by atoms with van der Waals surface area (Å²) in [6.07, 6.45) is 0. The maximum atomic E-state index is 11.1. The maximum Gasteiger partial charge on any atom is 0.250 e. The Morgan fingerprint density at radius 3 is 2.67 bits per heavy atom. The molecule has 3 heteroatoms. The van der Waals surface area contributed by atoms with E-state index in [9.17, 15) is 4.79 Å². The summed E-state index contributed by atoms with van der Waals surface area (Å²) in [6, 6.07) is 13.4. The summed E-state index contributed by atoms with van der Waals surface area (Å²) >= 11 is 0. The number of carbonyl (C=O) groups excluding carboxylic acids is 1. The number of anilines is 1. The van der Waals surface area contributed by atoms with Gasteiger partial charge in [0, 0.05) is 11.1 Å². The molecule has 0 saturated heterocycles. The number of fused-ring (bicyclic) bond motifs is 1. The number of carbonyl (C=O) groups is 1. The Balaban J connectivity index is 2.46. The van der Waals surface area contributed by atoms with Gasteiger partial charge in [0.25, 0.3) is 0 Å². The highest BCUT2D eigenvalue weighted by atomic mass is 16.3. The molecule has 0 spiro atoms. The van der Waals surface area contributed by atoms with Crippen LogP contribution in [-0.2, 0) is 4.79 Å². The van der Waals surface area contributed by atoms with Gasteiger partial charge in [-0.2, -0.15) is 0 Å². The number of amides is 1. The molecule has 15 heavy (non-hydrogen) atoms. The van der Waals surface area contributed by atoms with Crippen molar-refractivity contribution >= 4 is 22.4 Å². The van der Waals surface area contributed by atoms with E-state index in [1.807, 2.05) is 42.5 Å². The van der Waals surface area contributed by atoms with Crippen LogP contribution < -0.4 is 5.32 Å². The molecule has 0 aromatic heterocycles. The minimum absolute atomic E-state index is 0.397. The molecule has 0 aliphatic carbocycles. The summed E-state index contributed by atoms with van der Waals surface area (Å²) in [7, 11) is 0. The first-order valence-corrected chi connectivity index (χ1v) is 4.70. The van der Waals surface area contributed by atoms with Crippen molar-refractivity contribution < 1.29 is 9.90 Å². The molecule has 2 aromatic rings. The van der Waals surface area contributed by atoms with Crippen molar-refractivity contribution in [3.05, 3.63) is 42.5 Å².